The number of likely N-dealkylation sites (tertiary alicyclic amines) is 1. The zero-order chi connectivity index (χ0) is 17.0. The number of amides is 1. The molecule has 2 rings (SSSR count). The molecule has 1 aromatic heterocycles. The molecule has 6 heteroatoms. The van der Waals surface area contributed by atoms with Gasteiger partial charge in [0.2, 0.25) is 0 Å². The molecule has 128 valence electrons. The summed E-state index contributed by atoms with van der Waals surface area (Å²) in [7, 11) is 2.12. The lowest BCUT2D eigenvalue weighted by Gasteiger charge is -2.37. The molecule has 1 saturated heterocycles. The van der Waals surface area contributed by atoms with E-state index < -0.39 is 5.60 Å². The predicted molar refractivity (Wildman–Crippen MR) is 94.2 cm³/mol. The number of nitrogens with zero attached hydrogens (tertiary/aromatic N) is 3. The first-order chi connectivity index (χ1) is 10.7. The highest BCUT2D eigenvalue weighted by molar-refractivity contribution is 9.10. The van der Waals surface area contributed by atoms with Gasteiger partial charge in [0.25, 0.3) is 0 Å². The second-order valence-electron chi connectivity index (χ2n) is 7.08. The highest BCUT2D eigenvalue weighted by Gasteiger charge is 2.28. The molecule has 0 spiro atoms. The molecule has 0 bridgehead atoms. The minimum Gasteiger partial charge on any atom is -0.444 e. The predicted octanol–water partition coefficient (Wildman–Crippen LogP) is 3.68. The van der Waals surface area contributed by atoms with E-state index >= 15 is 0 Å². The number of carbonyl (C=O) groups is 1. The van der Waals surface area contributed by atoms with Gasteiger partial charge in [0.15, 0.2) is 0 Å². The third kappa shape index (κ3) is 5.77. The second kappa shape index (κ2) is 7.62. The zero-order valence-electron chi connectivity index (χ0n) is 14.4. The molecule has 1 aromatic rings. The van der Waals surface area contributed by atoms with E-state index in [2.05, 4.69) is 32.9 Å². The highest BCUT2D eigenvalue weighted by Crippen LogP contribution is 2.19. The van der Waals surface area contributed by atoms with Crippen molar-refractivity contribution in [3.8, 4) is 0 Å². The van der Waals surface area contributed by atoms with Gasteiger partial charge in [-0.05, 0) is 68.7 Å². The van der Waals surface area contributed by atoms with Crippen LogP contribution in [-0.2, 0) is 11.3 Å². The van der Waals surface area contributed by atoms with Crippen LogP contribution in [0.1, 0.15) is 39.3 Å². The van der Waals surface area contributed by atoms with E-state index in [0.29, 0.717) is 6.04 Å². The smallest absolute Gasteiger partial charge is 0.410 e. The second-order valence-corrected chi connectivity index (χ2v) is 8.00. The van der Waals surface area contributed by atoms with E-state index in [0.717, 1.165) is 42.6 Å². The van der Waals surface area contributed by atoms with Gasteiger partial charge in [-0.1, -0.05) is 0 Å². The minimum absolute atomic E-state index is 0.201. The Labute approximate surface area is 147 Å². The Bertz CT molecular complexity index is 520. The molecule has 1 fully saturated rings. The third-order valence-electron chi connectivity index (χ3n) is 3.94. The van der Waals surface area contributed by atoms with E-state index in [4.69, 9.17) is 4.74 Å². The van der Waals surface area contributed by atoms with E-state index in [1.165, 1.54) is 0 Å². The van der Waals surface area contributed by atoms with E-state index in [1.54, 1.807) is 0 Å². The number of aromatic nitrogens is 1. The molecule has 2 heterocycles. The lowest BCUT2D eigenvalue weighted by molar-refractivity contribution is 0.0152. The molecule has 0 atom stereocenters. The molecule has 0 radical (unpaired) electrons. The molecule has 0 aromatic carbocycles. The van der Waals surface area contributed by atoms with Crippen LogP contribution in [0.15, 0.2) is 22.8 Å². The van der Waals surface area contributed by atoms with Crippen LogP contribution >= 0.6 is 15.9 Å². The van der Waals surface area contributed by atoms with Crippen molar-refractivity contribution >= 4 is 22.0 Å². The molecular weight excluding hydrogens is 358 g/mol. The quantitative estimate of drug-likeness (QED) is 0.798. The fourth-order valence-electron chi connectivity index (χ4n) is 2.70. The van der Waals surface area contributed by atoms with Gasteiger partial charge >= 0.3 is 6.09 Å². The van der Waals surface area contributed by atoms with Crippen LogP contribution in [0.5, 0.6) is 0 Å². The zero-order valence-corrected chi connectivity index (χ0v) is 16.0. The Morgan fingerprint density at radius 3 is 2.57 bits per heavy atom. The number of hydrogen-bond acceptors (Lipinski definition) is 4. The molecule has 0 saturated carbocycles. The summed E-state index contributed by atoms with van der Waals surface area (Å²) in [4.78, 5) is 20.6. The molecule has 0 unspecified atom stereocenters. The Kier molecular flexibility index (Phi) is 6.03. The van der Waals surface area contributed by atoms with Gasteiger partial charge in [-0.25, -0.2) is 4.79 Å². The number of rotatable bonds is 3. The number of ether oxygens (including phenoxy) is 1. The number of halogens is 1. The average Bonchev–Trinajstić information content (AvgIpc) is 2.48. The Balaban J connectivity index is 1.81. The van der Waals surface area contributed by atoms with Crippen molar-refractivity contribution < 1.29 is 9.53 Å². The fraction of sp³-hybridized carbons (Fsp3) is 0.647. The highest BCUT2D eigenvalue weighted by atomic mass is 79.9. The van der Waals surface area contributed by atoms with Crippen molar-refractivity contribution in [2.75, 3.05) is 20.1 Å². The summed E-state index contributed by atoms with van der Waals surface area (Å²) in [6.07, 6.45) is 3.56. The molecule has 23 heavy (non-hydrogen) atoms. The van der Waals surface area contributed by atoms with Gasteiger partial charge in [-0.15, -0.1) is 0 Å². The number of pyridine rings is 1. The van der Waals surface area contributed by atoms with E-state index in [9.17, 15) is 4.79 Å². The summed E-state index contributed by atoms with van der Waals surface area (Å²) in [5, 5.41) is 0. The summed E-state index contributed by atoms with van der Waals surface area (Å²) < 4.78 is 6.43. The van der Waals surface area contributed by atoms with Gasteiger partial charge in [0, 0.05) is 36.3 Å². The maximum Gasteiger partial charge on any atom is 0.410 e. The van der Waals surface area contributed by atoms with Crippen molar-refractivity contribution in [3.63, 3.8) is 0 Å². The first-order valence-electron chi connectivity index (χ1n) is 8.03. The van der Waals surface area contributed by atoms with Crippen LogP contribution in [-0.4, -0.2) is 52.7 Å². The van der Waals surface area contributed by atoms with Crippen molar-refractivity contribution in [1.29, 1.82) is 0 Å². The normalized spacial score (nSPS) is 16.7. The molecule has 5 nitrogen and oxygen atoms in total. The standard InChI is InChI=1S/C17H26BrN3O2/c1-17(2,3)23-16(22)21-9-7-15(8-10-21)20(4)12-14-6-5-13(18)11-19-14/h5-6,11,15H,7-10,12H2,1-4H3. The van der Waals surface area contributed by atoms with Crippen molar-refractivity contribution in [2.45, 2.75) is 51.8 Å². The first-order valence-corrected chi connectivity index (χ1v) is 8.82. The van der Waals surface area contributed by atoms with Crippen LogP contribution in [0.3, 0.4) is 0 Å². The van der Waals surface area contributed by atoms with Crippen LogP contribution < -0.4 is 0 Å². The maximum absolute atomic E-state index is 12.1. The van der Waals surface area contributed by atoms with E-state index in [1.807, 2.05) is 44.0 Å². The molecule has 1 amide bonds. The van der Waals surface area contributed by atoms with Gasteiger partial charge in [-0.3, -0.25) is 9.88 Å². The monoisotopic (exact) mass is 383 g/mol. The van der Waals surface area contributed by atoms with Crippen molar-refractivity contribution in [2.24, 2.45) is 0 Å². The van der Waals surface area contributed by atoms with Crippen molar-refractivity contribution in [1.82, 2.24) is 14.8 Å². The maximum atomic E-state index is 12.1. The van der Waals surface area contributed by atoms with Gasteiger partial charge in [0.1, 0.15) is 5.60 Å². The van der Waals surface area contributed by atoms with Gasteiger partial charge in [-0.2, -0.15) is 0 Å². The first kappa shape index (κ1) is 18.2. The van der Waals surface area contributed by atoms with Gasteiger partial charge < -0.3 is 9.64 Å². The van der Waals surface area contributed by atoms with Crippen LogP contribution in [0.4, 0.5) is 4.79 Å². The molecule has 0 aliphatic carbocycles. The van der Waals surface area contributed by atoms with Crippen LogP contribution in [0, 0.1) is 0 Å². The number of piperidine rings is 1. The Morgan fingerprint density at radius 2 is 2.04 bits per heavy atom. The lowest BCUT2D eigenvalue weighted by atomic mass is 10.0. The largest absolute Gasteiger partial charge is 0.444 e. The van der Waals surface area contributed by atoms with Gasteiger partial charge in [0.05, 0.1) is 5.69 Å². The van der Waals surface area contributed by atoms with E-state index in [-0.39, 0.29) is 6.09 Å². The third-order valence-corrected chi connectivity index (χ3v) is 4.41. The molecular formula is C17H26BrN3O2. The van der Waals surface area contributed by atoms with Crippen LogP contribution in [0.25, 0.3) is 0 Å². The number of carbonyl (C=O) groups excluding carboxylic acids is 1. The summed E-state index contributed by atoms with van der Waals surface area (Å²) in [6, 6.07) is 4.52. The van der Waals surface area contributed by atoms with Crippen molar-refractivity contribution in [3.05, 3.63) is 28.5 Å². The minimum atomic E-state index is -0.433. The SMILES string of the molecule is CN(Cc1ccc(Br)cn1)C1CCN(C(=O)OC(C)(C)C)CC1. The lowest BCUT2D eigenvalue weighted by Crippen LogP contribution is -2.46. The topological polar surface area (TPSA) is 45.7 Å². The summed E-state index contributed by atoms with van der Waals surface area (Å²) in [6.45, 7) is 8.02. The summed E-state index contributed by atoms with van der Waals surface area (Å²) in [5.74, 6) is 0. The Morgan fingerprint density at radius 1 is 1.39 bits per heavy atom. The molecule has 1 aliphatic rings. The number of hydrogen-bond donors (Lipinski definition) is 0. The average molecular weight is 384 g/mol. The molecule has 1 aliphatic heterocycles. The Hall–Kier alpha value is -1.14. The summed E-state index contributed by atoms with van der Waals surface area (Å²) >= 11 is 3.40. The van der Waals surface area contributed by atoms with Crippen LogP contribution in [0.2, 0.25) is 0 Å². The molecule has 0 N–H and O–H groups in total. The summed E-state index contributed by atoms with van der Waals surface area (Å²) in [5.41, 5.74) is 0.628. The fourth-order valence-corrected chi connectivity index (χ4v) is 2.93.